The summed E-state index contributed by atoms with van der Waals surface area (Å²) in [5, 5.41) is 20.6. The third-order valence-electron chi connectivity index (χ3n) is 6.62. The van der Waals surface area contributed by atoms with E-state index in [-0.39, 0.29) is 18.2 Å². The molecular weight excluding hydrogens is 510 g/mol. The minimum atomic E-state index is -0.867. The Hall–Kier alpha value is -3.80. The van der Waals surface area contributed by atoms with Gasteiger partial charge in [-0.25, -0.2) is 14.5 Å². The monoisotopic (exact) mass is 537 g/mol. The van der Waals surface area contributed by atoms with Gasteiger partial charge in [-0.05, 0) is 31.4 Å². The Bertz CT molecular complexity index is 1480. The number of nitrogens with zero attached hydrogens (tertiary/aromatic N) is 5. The smallest absolute Gasteiger partial charge is 0.278 e. The van der Waals surface area contributed by atoms with Gasteiger partial charge in [0.25, 0.3) is 5.56 Å². The number of aromatic nitrogens is 5. The lowest BCUT2D eigenvalue weighted by Crippen LogP contribution is -2.39. The van der Waals surface area contributed by atoms with E-state index < -0.39 is 23.6 Å². The first kappa shape index (κ1) is 25.8. The van der Waals surface area contributed by atoms with Crippen LogP contribution >= 0.6 is 11.6 Å². The van der Waals surface area contributed by atoms with Gasteiger partial charge in [-0.15, -0.1) is 0 Å². The van der Waals surface area contributed by atoms with E-state index in [1.165, 1.54) is 21.6 Å². The molecule has 1 saturated heterocycles. The van der Waals surface area contributed by atoms with E-state index in [2.05, 4.69) is 25.7 Å². The number of ether oxygens (including phenoxy) is 1. The molecule has 0 saturated carbocycles. The average Bonchev–Trinajstić information content (AvgIpc) is 3.39. The molecule has 198 valence electrons. The molecule has 4 heterocycles. The molecule has 4 aromatic rings. The minimum absolute atomic E-state index is 0.208. The molecule has 0 aliphatic carbocycles. The zero-order valence-electron chi connectivity index (χ0n) is 20.7. The van der Waals surface area contributed by atoms with Crippen molar-refractivity contribution >= 4 is 29.0 Å². The molecule has 1 aromatic carbocycles. The van der Waals surface area contributed by atoms with Crippen molar-refractivity contribution in [2.75, 3.05) is 25.1 Å². The van der Waals surface area contributed by atoms with Gasteiger partial charge < -0.3 is 20.5 Å². The predicted molar refractivity (Wildman–Crippen MR) is 142 cm³/mol. The highest BCUT2D eigenvalue weighted by molar-refractivity contribution is 6.32. The summed E-state index contributed by atoms with van der Waals surface area (Å²) in [5.41, 5.74) is 1.68. The number of aliphatic hydroxyl groups excluding tert-OH is 1. The van der Waals surface area contributed by atoms with E-state index in [0.717, 1.165) is 18.4 Å². The van der Waals surface area contributed by atoms with Crippen molar-refractivity contribution in [1.82, 2.24) is 29.5 Å². The fraction of sp³-hybridized carbons (Fsp3) is 0.346. The number of anilines is 1. The lowest BCUT2D eigenvalue weighted by atomic mass is 10.1. The first-order valence-corrected chi connectivity index (χ1v) is 12.7. The number of nitrogens with one attached hydrogen (secondary N) is 2. The van der Waals surface area contributed by atoms with Gasteiger partial charge in [0.05, 0.1) is 29.6 Å². The van der Waals surface area contributed by atoms with Crippen LogP contribution in [0.15, 0.2) is 59.9 Å². The van der Waals surface area contributed by atoms with Crippen LogP contribution in [0.5, 0.6) is 0 Å². The molecule has 5 rings (SSSR count). The maximum absolute atomic E-state index is 13.3. The number of halogens is 1. The van der Waals surface area contributed by atoms with Gasteiger partial charge in [-0.3, -0.25) is 14.2 Å². The highest BCUT2D eigenvalue weighted by Crippen LogP contribution is 2.28. The van der Waals surface area contributed by atoms with Gasteiger partial charge in [0.1, 0.15) is 17.9 Å². The minimum Gasteiger partial charge on any atom is -0.394 e. The molecule has 0 spiro atoms. The SMILES string of the molecule is C[C@H](C(=O)N[C@H](CO)c1ccccc1)n1cnn2cc(-c3nc(NC4CCOCC4)ncc3Cl)cc2c1=O. The maximum Gasteiger partial charge on any atom is 0.278 e. The Morgan fingerprint density at radius 3 is 2.76 bits per heavy atom. The normalized spacial score (nSPS) is 15.8. The summed E-state index contributed by atoms with van der Waals surface area (Å²) in [4.78, 5) is 35.2. The number of hydrogen-bond donors (Lipinski definition) is 3. The molecule has 12 heteroatoms. The number of benzene rings is 1. The van der Waals surface area contributed by atoms with Crippen molar-refractivity contribution in [3.63, 3.8) is 0 Å². The van der Waals surface area contributed by atoms with Crippen molar-refractivity contribution in [3.8, 4) is 11.3 Å². The summed E-state index contributed by atoms with van der Waals surface area (Å²) < 4.78 is 8.09. The molecule has 38 heavy (non-hydrogen) atoms. The zero-order valence-corrected chi connectivity index (χ0v) is 21.5. The molecule has 1 aliphatic rings. The van der Waals surface area contributed by atoms with Crippen LogP contribution in [-0.4, -0.2) is 61.0 Å². The van der Waals surface area contributed by atoms with Crippen LogP contribution in [0.1, 0.15) is 37.4 Å². The van der Waals surface area contributed by atoms with Crippen LogP contribution in [-0.2, 0) is 9.53 Å². The standard InChI is InChI=1S/C26H28ClN7O4/c1-16(24(36)31-21(14-35)17-5-3-2-4-6-17)33-15-29-34-13-18(11-22(34)25(33)37)23-20(27)12-28-26(32-23)30-19-7-9-38-10-8-19/h2-6,11-13,15-16,19,21,35H,7-10,14H2,1H3,(H,31,36)(H,28,30,32)/t16-,21-/m1/s1. The van der Waals surface area contributed by atoms with Gasteiger partial charge in [0.15, 0.2) is 0 Å². The number of aliphatic hydroxyl groups is 1. The lowest BCUT2D eigenvalue weighted by Gasteiger charge is -2.23. The van der Waals surface area contributed by atoms with E-state index in [1.807, 2.05) is 30.3 Å². The van der Waals surface area contributed by atoms with Crippen LogP contribution in [0.2, 0.25) is 5.02 Å². The molecule has 0 radical (unpaired) electrons. The maximum atomic E-state index is 13.3. The van der Waals surface area contributed by atoms with E-state index in [9.17, 15) is 14.7 Å². The number of carbonyl (C=O) groups excluding carboxylic acids is 1. The lowest BCUT2D eigenvalue weighted by molar-refractivity contribution is -0.125. The number of hydrogen-bond acceptors (Lipinski definition) is 8. The average molecular weight is 538 g/mol. The molecule has 1 fully saturated rings. The third-order valence-corrected chi connectivity index (χ3v) is 6.90. The molecule has 3 aromatic heterocycles. The zero-order chi connectivity index (χ0) is 26.6. The van der Waals surface area contributed by atoms with E-state index in [1.54, 1.807) is 19.2 Å². The summed E-state index contributed by atoms with van der Waals surface area (Å²) >= 11 is 6.42. The highest BCUT2D eigenvalue weighted by atomic mass is 35.5. The predicted octanol–water partition coefficient (Wildman–Crippen LogP) is 2.61. The van der Waals surface area contributed by atoms with Gasteiger partial charge in [-0.1, -0.05) is 41.9 Å². The van der Waals surface area contributed by atoms with Crippen molar-refractivity contribution in [2.45, 2.75) is 37.9 Å². The van der Waals surface area contributed by atoms with Crippen molar-refractivity contribution < 1.29 is 14.6 Å². The topological polar surface area (TPSA) is 136 Å². The quantitative estimate of drug-likeness (QED) is 0.312. The number of fused-ring (bicyclic) bond motifs is 1. The molecular formula is C26H28ClN7O4. The molecule has 3 N–H and O–H groups in total. The van der Waals surface area contributed by atoms with Crippen LogP contribution in [0.25, 0.3) is 16.8 Å². The largest absolute Gasteiger partial charge is 0.394 e. The molecule has 2 atom stereocenters. The van der Waals surface area contributed by atoms with Crippen LogP contribution in [0.4, 0.5) is 5.95 Å². The van der Waals surface area contributed by atoms with Crippen molar-refractivity contribution in [3.05, 3.63) is 76.1 Å². The molecule has 11 nitrogen and oxygen atoms in total. The second kappa shape index (κ2) is 11.3. The summed E-state index contributed by atoms with van der Waals surface area (Å²) in [6.07, 6.45) is 6.22. The summed E-state index contributed by atoms with van der Waals surface area (Å²) in [6, 6.07) is 9.53. The second-order valence-corrected chi connectivity index (χ2v) is 9.56. The fourth-order valence-electron chi connectivity index (χ4n) is 4.41. The Morgan fingerprint density at radius 2 is 2.03 bits per heavy atom. The van der Waals surface area contributed by atoms with Crippen LogP contribution < -0.4 is 16.2 Å². The Labute approximate surface area is 223 Å². The second-order valence-electron chi connectivity index (χ2n) is 9.15. The molecule has 1 amide bonds. The van der Waals surface area contributed by atoms with Gasteiger partial charge in [0.2, 0.25) is 11.9 Å². The van der Waals surface area contributed by atoms with Crippen LogP contribution in [0, 0.1) is 0 Å². The number of amides is 1. The molecule has 1 aliphatic heterocycles. The van der Waals surface area contributed by atoms with E-state index in [0.29, 0.717) is 35.4 Å². The van der Waals surface area contributed by atoms with E-state index in [4.69, 9.17) is 16.3 Å². The summed E-state index contributed by atoms with van der Waals surface area (Å²) in [5.74, 6) is 0.0229. The summed E-state index contributed by atoms with van der Waals surface area (Å²) in [7, 11) is 0. The number of rotatable bonds is 8. The first-order chi connectivity index (χ1) is 18.4. The number of carbonyl (C=O) groups is 1. The molecule has 0 bridgehead atoms. The van der Waals surface area contributed by atoms with E-state index >= 15 is 0 Å². The Kier molecular flexibility index (Phi) is 7.68. The Balaban J connectivity index is 1.39. The van der Waals surface area contributed by atoms with Crippen molar-refractivity contribution in [1.29, 1.82) is 0 Å². The van der Waals surface area contributed by atoms with Crippen molar-refractivity contribution in [2.24, 2.45) is 0 Å². The van der Waals surface area contributed by atoms with Gasteiger partial charge in [-0.2, -0.15) is 5.10 Å². The van der Waals surface area contributed by atoms with Gasteiger partial charge in [0, 0.05) is 31.0 Å². The van der Waals surface area contributed by atoms with Crippen LogP contribution in [0.3, 0.4) is 0 Å². The first-order valence-electron chi connectivity index (χ1n) is 12.4. The van der Waals surface area contributed by atoms with Gasteiger partial charge >= 0.3 is 0 Å². The molecule has 0 unspecified atom stereocenters. The fourth-order valence-corrected chi connectivity index (χ4v) is 4.61. The summed E-state index contributed by atoms with van der Waals surface area (Å²) in [6.45, 7) is 2.70. The highest BCUT2D eigenvalue weighted by Gasteiger charge is 2.23. The Morgan fingerprint density at radius 1 is 1.26 bits per heavy atom. The third kappa shape index (κ3) is 5.40.